The zero-order valence-corrected chi connectivity index (χ0v) is 18.9. The predicted octanol–water partition coefficient (Wildman–Crippen LogP) is 6.09. The molecule has 0 aliphatic rings. The number of hydrogen-bond donors (Lipinski definition) is 0. The minimum Gasteiger partial charge on any atom is -0.497 e. The van der Waals surface area contributed by atoms with Crippen LogP contribution in [0.2, 0.25) is 0 Å². The van der Waals surface area contributed by atoms with Gasteiger partial charge in [0, 0.05) is 17.5 Å². The van der Waals surface area contributed by atoms with Gasteiger partial charge in [-0.2, -0.15) is 0 Å². The molecule has 4 nitrogen and oxygen atoms in total. The number of rotatable bonds is 10. The van der Waals surface area contributed by atoms with Crippen molar-refractivity contribution < 1.29 is 13.2 Å². The number of nitrogens with zero attached hydrogens (tertiary/aromatic N) is 1. The normalized spacial score (nSPS) is 11.6. The number of unbranched alkanes of at least 4 members (excludes halogenated alkanes) is 2. The summed E-state index contributed by atoms with van der Waals surface area (Å²) in [5, 5.41) is 0. The molecule has 5 heteroatoms. The Morgan fingerprint density at radius 3 is 2.10 bits per heavy atom. The summed E-state index contributed by atoms with van der Waals surface area (Å²) in [4.78, 5) is 0.276. The highest BCUT2D eigenvalue weighted by molar-refractivity contribution is 7.90. The fourth-order valence-electron chi connectivity index (χ4n) is 3.74. The second kappa shape index (κ2) is 9.98. The van der Waals surface area contributed by atoms with Gasteiger partial charge < -0.3 is 4.74 Å². The van der Waals surface area contributed by atoms with Gasteiger partial charge in [0.05, 0.1) is 12.0 Å². The first-order valence-electron chi connectivity index (χ1n) is 10.7. The van der Waals surface area contributed by atoms with Gasteiger partial charge in [-0.1, -0.05) is 57.0 Å². The van der Waals surface area contributed by atoms with E-state index in [-0.39, 0.29) is 4.90 Å². The van der Waals surface area contributed by atoms with E-state index in [4.69, 9.17) is 4.74 Å². The van der Waals surface area contributed by atoms with Crippen LogP contribution in [-0.4, -0.2) is 19.5 Å². The van der Waals surface area contributed by atoms with Crippen LogP contribution in [0.1, 0.15) is 50.8 Å². The van der Waals surface area contributed by atoms with E-state index in [0.29, 0.717) is 5.75 Å². The predicted molar refractivity (Wildman–Crippen MR) is 123 cm³/mol. The van der Waals surface area contributed by atoms with Crippen molar-refractivity contribution in [3.8, 4) is 16.9 Å². The Morgan fingerprint density at radius 1 is 0.867 bits per heavy atom. The molecule has 0 radical (unpaired) electrons. The lowest BCUT2D eigenvalue weighted by Crippen LogP contribution is -2.15. The molecule has 0 unspecified atom stereocenters. The first-order valence-corrected chi connectivity index (χ1v) is 12.1. The molecule has 2 aromatic carbocycles. The van der Waals surface area contributed by atoms with Gasteiger partial charge in [0.25, 0.3) is 10.0 Å². The van der Waals surface area contributed by atoms with E-state index in [1.165, 1.54) is 3.97 Å². The molecule has 1 heterocycles. The molecule has 1 aromatic heterocycles. The molecule has 0 aliphatic heterocycles. The maximum Gasteiger partial charge on any atom is 0.267 e. The van der Waals surface area contributed by atoms with Crippen LogP contribution in [0, 0.1) is 0 Å². The summed E-state index contributed by atoms with van der Waals surface area (Å²) >= 11 is 0. The zero-order chi connectivity index (χ0) is 21.6. The molecule has 0 N–H and O–H groups in total. The van der Waals surface area contributed by atoms with Crippen molar-refractivity contribution >= 4 is 10.0 Å². The molecular weight excluding hydrogens is 394 g/mol. The quantitative estimate of drug-likeness (QED) is 0.395. The van der Waals surface area contributed by atoms with Crippen molar-refractivity contribution in [3.63, 3.8) is 0 Å². The Hall–Kier alpha value is -2.53. The topological polar surface area (TPSA) is 48.3 Å². The lowest BCUT2D eigenvalue weighted by atomic mass is 9.97. The Bertz CT molecular complexity index is 1050. The summed E-state index contributed by atoms with van der Waals surface area (Å²) in [5.74, 6) is 0.640. The number of methoxy groups -OCH3 is 1. The van der Waals surface area contributed by atoms with E-state index < -0.39 is 10.0 Å². The highest BCUT2D eigenvalue weighted by Gasteiger charge is 2.25. The van der Waals surface area contributed by atoms with Crippen LogP contribution in [0.5, 0.6) is 5.75 Å². The van der Waals surface area contributed by atoms with Crippen molar-refractivity contribution in [2.45, 2.75) is 57.3 Å². The highest BCUT2D eigenvalue weighted by atomic mass is 32.2. The van der Waals surface area contributed by atoms with E-state index in [1.54, 1.807) is 31.4 Å². The standard InChI is InChI=1S/C25H31NO3S/c1-4-6-13-23-24(20-11-9-8-10-12-20)19-26(25(23)14-7-5-2)30(27,28)22-17-15-21(29-3)16-18-22/h8-12,15-19H,4-7,13-14H2,1-3H3. The molecule has 0 amide bonds. The van der Waals surface area contributed by atoms with Crippen LogP contribution in [0.25, 0.3) is 11.1 Å². The molecule has 3 aromatic rings. The molecule has 0 spiro atoms. The minimum atomic E-state index is -3.70. The van der Waals surface area contributed by atoms with E-state index >= 15 is 0 Å². The Balaban J connectivity index is 2.19. The summed E-state index contributed by atoms with van der Waals surface area (Å²) in [6.45, 7) is 4.30. The van der Waals surface area contributed by atoms with Gasteiger partial charge in [-0.05, 0) is 61.1 Å². The van der Waals surface area contributed by atoms with Crippen LogP contribution < -0.4 is 4.74 Å². The lowest BCUT2D eigenvalue weighted by Gasteiger charge is -2.13. The zero-order valence-electron chi connectivity index (χ0n) is 18.1. The largest absolute Gasteiger partial charge is 0.497 e. The van der Waals surface area contributed by atoms with E-state index in [1.807, 2.05) is 24.4 Å². The molecule has 0 aliphatic carbocycles. The third kappa shape index (κ3) is 4.62. The van der Waals surface area contributed by atoms with Gasteiger partial charge in [-0.15, -0.1) is 0 Å². The molecule has 3 rings (SSSR count). The number of ether oxygens (including phenoxy) is 1. The molecule has 0 saturated heterocycles. The SMILES string of the molecule is CCCCc1c(-c2ccccc2)cn(S(=O)(=O)c2ccc(OC)cc2)c1CCCC. The Morgan fingerprint density at radius 2 is 1.50 bits per heavy atom. The summed E-state index contributed by atoms with van der Waals surface area (Å²) in [5.41, 5.74) is 4.16. The maximum absolute atomic E-state index is 13.6. The second-order valence-corrected chi connectivity index (χ2v) is 9.33. The Kier molecular flexibility index (Phi) is 7.38. The monoisotopic (exact) mass is 425 g/mol. The van der Waals surface area contributed by atoms with Gasteiger partial charge in [0.15, 0.2) is 0 Å². The van der Waals surface area contributed by atoms with Crippen LogP contribution in [0.3, 0.4) is 0 Å². The summed E-state index contributed by atoms with van der Waals surface area (Å²) in [6.07, 6.45) is 7.52. The van der Waals surface area contributed by atoms with Gasteiger partial charge in [-0.25, -0.2) is 12.4 Å². The van der Waals surface area contributed by atoms with Crippen LogP contribution in [-0.2, 0) is 22.9 Å². The molecule has 160 valence electrons. The minimum absolute atomic E-state index is 0.276. The third-order valence-electron chi connectivity index (χ3n) is 5.43. The van der Waals surface area contributed by atoms with E-state index in [9.17, 15) is 8.42 Å². The fourth-order valence-corrected chi connectivity index (χ4v) is 5.18. The number of hydrogen-bond acceptors (Lipinski definition) is 3. The third-order valence-corrected chi connectivity index (χ3v) is 7.15. The molecule has 0 fully saturated rings. The van der Waals surface area contributed by atoms with E-state index in [2.05, 4.69) is 26.0 Å². The first kappa shape index (κ1) is 22.2. The molecule has 0 atom stereocenters. The van der Waals surface area contributed by atoms with Crippen molar-refractivity contribution in [2.75, 3.05) is 7.11 Å². The lowest BCUT2D eigenvalue weighted by molar-refractivity contribution is 0.414. The van der Waals surface area contributed by atoms with Crippen molar-refractivity contribution in [2.24, 2.45) is 0 Å². The smallest absolute Gasteiger partial charge is 0.267 e. The van der Waals surface area contributed by atoms with Crippen molar-refractivity contribution in [3.05, 3.63) is 72.1 Å². The average molecular weight is 426 g/mol. The van der Waals surface area contributed by atoms with Crippen LogP contribution >= 0.6 is 0 Å². The summed E-state index contributed by atoms with van der Waals surface area (Å²) in [6, 6.07) is 16.7. The number of benzene rings is 2. The molecule has 0 saturated carbocycles. The van der Waals surface area contributed by atoms with Gasteiger partial charge >= 0.3 is 0 Å². The average Bonchev–Trinajstić information content (AvgIpc) is 3.15. The fraction of sp³-hybridized carbons (Fsp3) is 0.360. The van der Waals surface area contributed by atoms with Gasteiger partial charge in [0.2, 0.25) is 0 Å². The van der Waals surface area contributed by atoms with Gasteiger partial charge in [0.1, 0.15) is 5.75 Å². The van der Waals surface area contributed by atoms with Crippen LogP contribution in [0.15, 0.2) is 65.7 Å². The van der Waals surface area contributed by atoms with Crippen molar-refractivity contribution in [1.29, 1.82) is 0 Å². The van der Waals surface area contributed by atoms with Gasteiger partial charge in [-0.3, -0.25) is 0 Å². The van der Waals surface area contributed by atoms with E-state index in [0.717, 1.165) is 60.9 Å². The van der Waals surface area contributed by atoms with Crippen LogP contribution in [0.4, 0.5) is 0 Å². The van der Waals surface area contributed by atoms with Crippen molar-refractivity contribution in [1.82, 2.24) is 3.97 Å². The first-order chi connectivity index (χ1) is 14.5. The Labute approximate surface area is 180 Å². The highest BCUT2D eigenvalue weighted by Crippen LogP contribution is 2.33. The number of aromatic nitrogens is 1. The summed E-state index contributed by atoms with van der Waals surface area (Å²) < 4.78 is 33.9. The maximum atomic E-state index is 13.6. The molecule has 0 bridgehead atoms. The molecule has 30 heavy (non-hydrogen) atoms. The molecular formula is C25H31NO3S. The summed E-state index contributed by atoms with van der Waals surface area (Å²) in [7, 11) is -2.12. The second-order valence-electron chi connectivity index (χ2n) is 7.52.